The standard InChI is InChI=1S/C23H25N3O3/c1-4-13-25-20(14-17-9-7-6-8-10-17)22(28)26(23(25)29)19-15-18(12-11-16(19)3)21(27)24-5-2/h4,6-12,15,20H,1,5,13-14H2,2-3H3,(H,24,27)/t20-/m0/s1. The second-order valence-electron chi connectivity index (χ2n) is 6.96. The number of hydrogen-bond donors (Lipinski definition) is 1. The molecule has 1 saturated heterocycles. The van der Waals surface area contributed by atoms with Crippen molar-refractivity contribution in [3.8, 4) is 0 Å². The molecular formula is C23H25N3O3. The second kappa shape index (κ2) is 8.73. The molecule has 1 fully saturated rings. The van der Waals surface area contributed by atoms with Crippen LogP contribution in [0.1, 0.15) is 28.4 Å². The fourth-order valence-corrected chi connectivity index (χ4v) is 3.49. The maximum absolute atomic E-state index is 13.3. The fourth-order valence-electron chi connectivity index (χ4n) is 3.49. The van der Waals surface area contributed by atoms with E-state index in [0.717, 1.165) is 11.1 Å². The van der Waals surface area contributed by atoms with E-state index in [0.29, 0.717) is 24.2 Å². The molecule has 4 amide bonds. The highest BCUT2D eigenvalue weighted by molar-refractivity contribution is 6.22. The first-order chi connectivity index (χ1) is 14.0. The van der Waals surface area contributed by atoms with Crippen LogP contribution in [0.3, 0.4) is 0 Å². The zero-order valence-corrected chi connectivity index (χ0v) is 16.7. The van der Waals surface area contributed by atoms with Gasteiger partial charge in [-0.1, -0.05) is 42.5 Å². The van der Waals surface area contributed by atoms with Gasteiger partial charge in [-0.2, -0.15) is 0 Å². The van der Waals surface area contributed by atoms with Crippen molar-refractivity contribution in [2.75, 3.05) is 18.0 Å². The number of hydrogen-bond acceptors (Lipinski definition) is 3. The molecule has 6 nitrogen and oxygen atoms in total. The van der Waals surface area contributed by atoms with Gasteiger partial charge in [-0.15, -0.1) is 6.58 Å². The molecule has 6 heteroatoms. The highest BCUT2D eigenvalue weighted by atomic mass is 16.2. The van der Waals surface area contributed by atoms with E-state index in [-0.39, 0.29) is 18.4 Å². The lowest BCUT2D eigenvalue weighted by Crippen LogP contribution is -2.36. The summed E-state index contributed by atoms with van der Waals surface area (Å²) in [6.07, 6.45) is 2.04. The number of nitrogens with zero attached hydrogens (tertiary/aromatic N) is 2. The Balaban J connectivity index is 1.98. The highest BCUT2D eigenvalue weighted by Gasteiger charge is 2.45. The van der Waals surface area contributed by atoms with E-state index in [2.05, 4.69) is 11.9 Å². The van der Waals surface area contributed by atoms with Gasteiger partial charge in [0.2, 0.25) is 0 Å². The van der Waals surface area contributed by atoms with Crippen LogP contribution in [0, 0.1) is 6.92 Å². The quantitative estimate of drug-likeness (QED) is 0.582. The molecule has 0 bridgehead atoms. The van der Waals surface area contributed by atoms with Gasteiger partial charge in [0.25, 0.3) is 11.8 Å². The maximum atomic E-state index is 13.3. The first kappa shape index (κ1) is 20.3. The average molecular weight is 391 g/mol. The summed E-state index contributed by atoms with van der Waals surface area (Å²) in [5, 5.41) is 2.74. The van der Waals surface area contributed by atoms with E-state index < -0.39 is 12.1 Å². The molecule has 2 aromatic carbocycles. The molecule has 0 spiro atoms. The first-order valence-electron chi connectivity index (χ1n) is 9.66. The normalized spacial score (nSPS) is 16.3. The predicted molar refractivity (Wildman–Crippen MR) is 113 cm³/mol. The Labute approximate surface area is 170 Å². The van der Waals surface area contributed by atoms with Crippen molar-refractivity contribution in [2.24, 2.45) is 0 Å². The van der Waals surface area contributed by atoms with E-state index in [1.165, 1.54) is 9.80 Å². The van der Waals surface area contributed by atoms with Crippen molar-refractivity contribution in [1.82, 2.24) is 10.2 Å². The Morgan fingerprint density at radius 2 is 1.90 bits per heavy atom. The second-order valence-corrected chi connectivity index (χ2v) is 6.96. The number of nitrogens with one attached hydrogen (secondary N) is 1. The van der Waals surface area contributed by atoms with Crippen molar-refractivity contribution in [2.45, 2.75) is 26.3 Å². The number of benzene rings is 2. The molecule has 1 aliphatic heterocycles. The summed E-state index contributed by atoms with van der Waals surface area (Å²) in [5.41, 5.74) is 2.57. The number of anilines is 1. The predicted octanol–water partition coefficient (Wildman–Crippen LogP) is 3.31. The number of imide groups is 1. The molecule has 0 radical (unpaired) electrons. The summed E-state index contributed by atoms with van der Waals surface area (Å²) in [5.74, 6) is -0.534. The van der Waals surface area contributed by atoms with Crippen LogP contribution in [0.15, 0.2) is 61.2 Å². The van der Waals surface area contributed by atoms with Crippen LogP contribution in [0.5, 0.6) is 0 Å². The lowest BCUT2D eigenvalue weighted by molar-refractivity contribution is -0.119. The van der Waals surface area contributed by atoms with Crippen molar-refractivity contribution in [1.29, 1.82) is 0 Å². The lowest BCUT2D eigenvalue weighted by Gasteiger charge is -2.20. The number of aryl methyl sites for hydroxylation is 1. The SMILES string of the molecule is C=CCN1C(=O)N(c2cc(C(=O)NCC)ccc2C)C(=O)[C@@H]1Cc1ccccc1. The fraction of sp³-hybridized carbons (Fsp3) is 0.261. The third-order valence-corrected chi connectivity index (χ3v) is 4.97. The molecule has 0 aliphatic carbocycles. The first-order valence-corrected chi connectivity index (χ1v) is 9.66. The topological polar surface area (TPSA) is 69.7 Å². The third kappa shape index (κ3) is 4.06. The zero-order chi connectivity index (χ0) is 21.0. The van der Waals surface area contributed by atoms with Crippen LogP contribution < -0.4 is 10.2 Å². The minimum atomic E-state index is -0.615. The van der Waals surface area contributed by atoms with Crippen molar-refractivity contribution >= 4 is 23.5 Å². The molecule has 0 aromatic heterocycles. The average Bonchev–Trinajstić information content (AvgIpc) is 2.94. The summed E-state index contributed by atoms with van der Waals surface area (Å²) in [6.45, 7) is 8.14. The molecule has 0 saturated carbocycles. The van der Waals surface area contributed by atoms with Crippen LogP contribution in [0.25, 0.3) is 0 Å². The van der Waals surface area contributed by atoms with Crippen molar-refractivity contribution in [3.63, 3.8) is 0 Å². The van der Waals surface area contributed by atoms with Gasteiger partial charge in [-0.25, -0.2) is 9.69 Å². The van der Waals surface area contributed by atoms with Crippen molar-refractivity contribution in [3.05, 3.63) is 77.9 Å². The summed E-state index contributed by atoms with van der Waals surface area (Å²) < 4.78 is 0. The Morgan fingerprint density at radius 1 is 1.17 bits per heavy atom. The van der Waals surface area contributed by atoms with Gasteiger partial charge in [-0.3, -0.25) is 9.59 Å². The van der Waals surface area contributed by atoms with Gasteiger partial charge in [0.05, 0.1) is 5.69 Å². The van der Waals surface area contributed by atoms with E-state index >= 15 is 0 Å². The van der Waals surface area contributed by atoms with E-state index in [1.807, 2.05) is 44.2 Å². The summed E-state index contributed by atoms with van der Waals surface area (Å²) >= 11 is 0. The third-order valence-electron chi connectivity index (χ3n) is 4.97. The van der Waals surface area contributed by atoms with Crippen molar-refractivity contribution < 1.29 is 14.4 Å². The lowest BCUT2D eigenvalue weighted by atomic mass is 10.0. The van der Waals surface area contributed by atoms with E-state index in [1.54, 1.807) is 24.3 Å². The number of amides is 4. The molecule has 29 heavy (non-hydrogen) atoms. The van der Waals surface area contributed by atoms with Crippen LogP contribution in [0.4, 0.5) is 10.5 Å². The van der Waals surface area contributed by atoms with Crippen LogP contribution in [-0.2, 0) is 11.2 Å². The molecule has 1 atom stereocenters. The highest BCUT2D eigenvalue weighted by Crippen LogP contribution is 2.30. The van der Waals surface area contributed by atoms with Crippen LogP contribution in [-0.4, -0.2) is 41.9 Å². The minimum Gasteiger partial charge on any atom is -0.352 e. The van der Waals surface area contributed by atoms with Gasteiger partial charge in [0, 0.05) is 25.1 Å². The molecule has 2 aromatic rings. The number of rotatable bonds is 7. The minimum absolute atomic E-state index is 0.239. The molecule has 0 unspecified atom stereocenters. The van der Waals surface area contributed by atoms with E-state index in [9.17, 15) is 14.4 Å². The molecular weight excluding hydrogens is 366 g/mol. The maximum Gasteiger partial charge on any atom is 0.332 e. The van der Waals surface area contributed by atoms with Gasteiger partial charge in [0.1, 0.15) is 6.04 Å². The van der Waals surface area contributed by atoms with Crippen LogP contribution in [0.2, 0.25) is 0 Å². The molecule has 1 heterocycles. The molecule has 1 N–H and O–H groups in total. The van der Waals surface area contributed by atoms with Gasteiger partial charge in [0.15, 0.2) is 0 Å². The Hall–Kier alpha value is -3.41. The molecule has 1 aliphatic rings. The van der Waals surface area contributed by atoms with Gasteiger partial charge < -0.3 is 10.2 Å². The molecule has 150 valence electrons. The Bertz CT molecular complexity index is 940. The van der Waals surface area contributed by atoms with E-state index in [4.69, 9.17) is 0 Å². The Morgan fingerprint density at radius 3 is 2.55 bits per heavy atom. The zero-order valence-electron chi connectivity index (χ0n) is 16.7. The Kier molecular flexibility index (Phi) is 6.12. The number of carbonyl (C=O) groups excluding carboxylic acids is 3. The summed E-state index contributed by atoms with van der Waals surface area (Å²) in [4.78, 5) is 41.4. The molecule has 3 rings (SSSR count). The van der Waals surface area contributed by atoms with Crippen LogP contribution >= 0.6 is 0 Å². The smallest absolute Gasteiger partial charge is 0.332 e. The summed E-state index contributed by atoms with van der Waals surface area (Å²) in [7, 11) is 0. The number of carbonyl (C=O) groups is 3. The number of urea groups is 1. The van der Waals surface area contributed by atoms with Gasteiger partial charge >= 0.3 is 6.03 Å². The largest absolute Gasteiger partial charge is 0.352 e. The summed E-state index contributed by atoms with van der Waals surface area (Å²) in [6, 6.07) is 13.6. The van der Waals surface area contributed by atoms with Gasteiger partial charge in [-0.05, 0) is 37.1 Å². The monoisotopic (exact) mass is 391 g/mol.